The minimum absolute atomic E-state index is 0.207. The van der Waals surface area contributed by atoms with Gasteiger partial charge in [0, 0.05) is 6.54 Å². The van der Waals surface area contributed by atoms with Crippen molar-refractivity contribution in [2.75, 3.05) is 18.9 Å². The molecule has 2 aromatic heterocycles. The topological polar surface area (TPSA) is 55.3 Å². The summed E-state index contributed by atoms with van der Waals surface area (Å²) in [5, 5.41) is 2.92. The van der Waals surface area contributed by atoms with E-state index in [-0.39, 0.29) is 18.1 Å². The lowest BCUT2D eigenvalue weighted by atomic mass is 9.90. The van der Waals surface area contributed by atoms with Crippen LogP contribution in [-0.2, 0) is 9.53 Å². The van der Waals surface area contributed by atoms with Gasteiger partial charge in [0.05, 0.1) is 34.7 Å². The molecule has 0 aromatic carbocycles. The average Bonchev–Trinajstić information content (AvgIpc) is 3.08. The lowest BCUT2D eigenvalue weighted by Crippen LogP contribution is -2.55. The Morgan fingerprint density at radius 3 is 3.26 bits per heavy atom. The van der Waals surface area contributed by atoms with E-state index >= 15 is 0 Å². The molecule has 1 aliphatic heterocycles. The molecule has 0 bridgehead atoms. The number of carbonyl (C=O) groups excluding carboxylic acids is 1. The van der Waals surface area contributed by atoms with Crippen molar-refractivity contribution in [1.82, 2.24) is 14.9 Å². The van der Waals surface area contributed by atoms with Crippen molar-refractivity contribution < 1.29 is 9.53 Å². The van der Waals surface area contributed by atoms with E-state index in [4.69, 9.17) is 4.74 Å². The van der Waals surface area contributed by atoms with Gasteiger partial charge in [0.15, 0.2) is 0 Å². The average molecular weight is 349 g/mol. The van der Waals surface area contributed by atoms with E-state index < -0.39 is 0 Å². The Kier molecular flexibility index (Phi) is 4.50. The smallest absolute Gasteiger partial charge is 0.233 e. The molecule has 5 nitrogen and oxygen atoms in total. The van der Waals surface area contributed by atoms with Gasteiger partial charge in [-0.15, -0.1) is 11.3 Å². The SMILES string of the molecule is O=C(CSc1ncnc2ccsc12)N1CCOC2CCCCC21. The molecule has 3 heterocycles. The number of morpholine rings is 1. The third kappa shape index (κ3) is 3.09. The summed E-state index contributed by atoms with van der Waals surface area (Å²) in [5.74, 6) is 0.645. The van der Waals surface area contributed by atoms with Crippen LogP contribution in [0.25, 0.3) is 10.2 Å². The molecule has 1 amide bonds. The van der Waals surface area contributed by atoms with Crippen LogP contribution in [0.1, 0.15) is 25.7 Å². The predicted octanol–water partition coefficient (Wildman–Crippen LogP) is 2.95. The zero-order valence-corrected chi connectivity index (χ0v) is 14.4. The van der Waals surface area contributed by atoms with Crippen LogP contribution in [0.15, 0.2) is 22.8 Å². The molecule has 2 aromatic rings. The lowest BCUT2D eigenvalue weighted by molar-refractivity contribution is -0.146. The van der Waals surface area contributed by atoms with E-state index in [0.717, 1.165) is 34.6 Å². The van der Waals surface area contributed by atoms with E-state index in [1.165, 1.54) is 24.6 Å². The van der Waals surface area contributed by atoms with E-state index in [0.29, 0.717) is 12.4 Å². The van der Waals surface area contributed by atoms with Gasteiger partial charge in [-0.1, -0.05) is 24.6 Å². The monoisotopic (exact) mass is 349 g/mol. The quantitative estimate of drug-likeness (QED) is 0.630. The largest absolute Gasteiger partial charge is 0.374 e. The van der Waals surface area contributed by atoms with Crippen LogP contribution in [0.4, 0.5) is 0 Å². The summed E-state index contributed by atoms with van der Waals surface area (Å²) in [6.07, 6.45) is 6.40. The van der Waals surface area contributed by atoms with Gasteiger partial charge in [0.25, 0.3) is 0 Å². The Labute approximate surface area is 143 Å². The summed E-state index contributed by atoms with van der Waals surface area (Å²) in [6.45, 7) is 1.39. The summed E-state index contributed by atoms with van der Waals surface area (Å²) in [6, 6.07) is 2.26. The van der Waals surface area contributed by atoms with Gasteiger partial charge in [0.2, 0.25) is 5.91 Å². The van der Waals surface area contributed by atoms with Gasteiger partial charge < -0.3 is 9.64 Å². The van der Waals surface area contributed by atoms with Crippen molar-refractivity contribution in [2.24, 2.45) is 0 Å². The number of carbonyl (C=O) groups is 1. The first-order chi connectivity index (χ1) is 11.3. The van der Waals surface area contributed by atoms with Crippen LogP contribution in [0.5, 0.6) is 0 Å². The number of fused-ring (bicyclic) bond motifs is 2. The van der Waals surface area contributed by atoms with E-state index in [2.05, 4.69) is 9.97 Å². The van der Waals surface area contributed by atoms with Gasteiger partial charge >= 0.3 is 0 Å². The number of hydrogen-bond donors (Lipinski definition) is 0. The lowest BCUT2D eigenvalue weighted by Gasteiger charge is -2.43. The summed E-state index contributed by atoms with van der Waals surface area (Å²) in [7, 11) is 0. The molecule has 122 valence electrons. The van der Waals surface area contributed by atoms with Gasteiger partial charge in [-0.3, -0.25) is 4.79 Å². The summed E-state index contributed by atoms with van der Waals surface area (Å²) >= 11 is 3.15. The van der Waals surface area contributed by atoms with Crippen LogP contribution in [0.2, 0.25) is 0 Å². The fourth-order valence-corrected chi connectivity index (χ4v) is 5.32. The maximum atomic E-state index is 12.7. The zero-order chi connectivity index (χ0) is 15.6. The molecule has 1 aliphatic carbocycles. The number of amides is 1. The molecule has 1 saturated carbocycles. The number of hydrogen-bond acceptors (Lipinski definition) is 6. The summed E-state index contributed by atoms with van der Waals surface area (Å²) in [5.41, 5.74) is 0.957. The van der Waals surface area contributed by atoms with Gasteiger partial charge in [-0.05, 0) is 24.3 Å². The van der Waals surface area contributed by atoms with Crippen molar-refractivity contribution >= 4 is 39.2 Å². The predicted molar refractivity (Wildman–Crippen MR) is 91.8 cm³/mol. The number of nitrogens with zero attached hydrogens (tertiary/aromatic N) is 3. The fraction of sp³-hybridized carbons (Fsp3) is 0.562. The molecule has 2 fully saturated rings. The Bertz CT molecular complexity index is 703. The zero-order valence-electron chi connectivity index (χ0n) is 12.8. The van der Waals surface area contributed by atoms with Crippen molar-refractivity contribution in [1.29, 1.82) is 0 Å². The van der Waals surface area contributed by atoms with Crippen molar-refractivity contribution in [2.45, 2.75) is 42.9 Å². The van der Waals surface area contributed by atoms with Crippen LogP contribution >= 0.6 is 23.1 Å². The number of thioether (sulfide) groups is 1. The number of aromatic nitrogens is 2. The minimum atomic E-state index is 0.207. The number of rotatable bonds is 3. The second-order valence-electron chi connectivity index (χ2n) is 5.95. The molecule has 0 N–H and O–H groups in total. The highest BCUT2D eigenvalue weighted by atomic mass is 32.2. The Morgan fingerprint density at radius 1 is 1.39 bits per heavy atom. The van der Waals surface area contributed by atoms with E-state index in [1.54, 1.807) is 17.7 Å². The van der Waals surface area contributed by atoms with Crippen molar-refractivity contribution in [3.63, 3.8) is 0 Å². The number of thiophene rings is 1. The third-order valence-corrected chi connectivity index (χ3v) is 6.61. The molecule has 2 atom stereocenters. The molecular formula is C16H19N3O2S2. The molecule has 23 heavy (non-hydrogen) atoms. The highest BCUT2D eigenvalue weighted by molar-refractivity contribution is 8.00. The van der Waals surface area contributed by atoms with Crippen LogP contribution in [0, 0.1) is 0 Å². The molecule has 2 unspecified atom stereocenters. The molecule has 1 saturated heterocycles. The van der Waals surface area contributed by atoms with Crippen molar-refractivity contribution in [3.05, 3.63) is 17.8 Å². The summed E-state index contributed by atoms with van der Waals surface area (Å²) in [4.78, 5) is 23.4. The Morgan fingerprint density at radius 2 is 2.30 bits per heavy atom. The van der Waals surface area contributed by atoms with Crippen molar-refractivity contribution in [3.8, 4) is 0 Å². The first-order valence-corrected chi connectivity index (χ1v) is 9.91. The van der Waals surface area contributed by atoms with Crippen LogP contribution < -0.4 is 0 Å². The summed E-state index contributed by atoms with van der Waals surface area (Å²) < 4.78 is 6.92. The van der Waals surface area contributed by atoms with Gasteiger partial charge in [-0.25, -0.2) is 9.97 Å². The molecule has 0 spiro atoms. The van der Waals surface area contributed by atoms with E-state index in [1.807, 2.05) is 16.3 Å². The standard InChI is InChI=1S/C16H19N3O2S2/c20-14(19-6-7-21-13-4-2-1-3-12(13)19)9-23-16-15-11(5-8-22-15)17-10-18-16/h5,8,10,12-13H,1-4,6-7,9H2. The van der Waals surface area contributed by atoms with Crippen LogP contribution in [0.3, 0.4) is 0 Å². The first-order valence-electron chi connectivity index (χ1n) is 8.05. The van der Waals surface area contributed by atoms with Gasteiger partial charge in [-0.2, -0.15) is 0 Å². The molecule has 4 rings (SSSR count). The maximum absolute atomic E-state index is 12.7. The Balaban J connectivity index is 1.44. The number of ether oxygens (including phenoxy) is 1. The fourth-order valence-electron chi connectivity index (χ4n) is 3.49. The molecule has 7 heteroatoms. The molecule has 0 radical (unpaired) electrons. The highest BCUT2D eigenvalue weighted by Crippen LogP contribution is 2.31. The first kappa shape index (κ1) is 15.4. The van der Waals surface area contributed by atoms with Crippen LogP contribution in [-0.4, -0.2) is 51.8 Å². The normalized spacial score (nSPS) is 24.6. The maximum Gasteiger partial charge on any atom is 0.233 e. The highest BCUT2D eigenvalue weighted by Gasteiger charge is 2.36. The Hall–Kier alpha value is -1.18. The second kappa shape index (κ2) is 6.75. The van der Waals surface area contributed by atoms with E-state index in [9.17, 15) is 4.79 Å². The second-order valence-corrected chi connectivity index (χ2v) is 7.83. The third-order valence-electron chi connectivity index (χ3n) is 4.60. The minimum Gasteiger partial charge on any atom is -0.374 e. The molecule has 2 aliphatic rings. The van der Waals surface area contributed by atoms with Gasteiger partial charge in [0.1, 0.15) is 11.4 Å². The molecular weight excluding hydrogens is 330 g/mol.